The lowest BCUT2D eigenvalue weighted by Crippen LogP contribution is -2.23. The highest BCUT2D eigenvalue weighted by Gasteiger charge is 2.16. The van der Waals surface area contributed by atoms with Crippen molar-refractivity contribution in [3.05, 3.63) is 73.0 Å². The summed E-state index contributed by atoms with van der Waals surface area (Å²) in [6, 6.07) is 10.4. The summed E-state index contributed by atoms with van der Waals surface area (Å²) in [5.41, 5.74) is -0.540. The van der Waals surface area contributed by atoms with E-state index in [1.54, 1.807) is 12.1 Å². The smallest absolute Gasteiger partial charge is 0.349 e. The number of carboxylic acids is 1. The Kier molecular flexibility index (Phi) is 4.73. The number of benzene rings is 2. The minimum Gasteiger partial charge on any atom is -0.545 e. The van der Waals surface area contributed by atoms with Gasteiger partial charge in [-0.3, -0.25) is 4.79 Å². The van der Waals surface area contributed by atoms with Crippen LogP contribution in [0.15, 0.2) is 60.6 Å². The van der Waals surface area contributed by atoms with Crippen molar-refractivity contribution in [1.82, 2.24) is 0 Å². The van der Waals surface area contributed by atoms with Crippen LogP contribution >= 0.6 is 31.9 Å². The van der Waals surface area contributed by atoms with Gasteiger partial charge >= 0.3 is 5.63 Å². The van der Waals surface area contributed by atoms with Crippen LogP contribution in [0.1, 0.15) is 20.7 Å². The molecule has 0 spiro atoms. The molecule has 0 atom stereocenters. The third kappa shape index (κ3) is 3.64. The van der Waals surface area contributed by atoms with Crippen LogP contribution in [0.2, 0.25) is 0 Å². The van der Waals surface area contributed by atoms with Crippen LogP contribution < -0.4 is 16.0 Å². The number of nitrogens with one attached hydrogen (secondary N) is 1. The zero-order valence-electron chi connectivity index (χ0n) is 12.3. The van der Waals surface area contributed by atoms with E-state index < -0.39 is 17.5 Å². The Morgan fingerprint density at radius 1 is 1.08 bits per heavy atom. The highest BCUT2D eigenvalue weighted by molar-refractivity contribution is 9.11. The molecule has 1 heterocycles. The number of hydrogen-bond donors (Lipinski definition) is 1. The van der Waals surface area contributed by atoms with E-state index in [1.807, 2.05) is 0 Å². The van der Waals surface area contributed by atoms with Gasteiger partial charge in [-0.2, -0.15) is 0 Å². The standard InChI is InChI=1S/C17H9Br2NO5/c18-10-4-9-6-12(17(24)25-14(9)13(19)7-10)15(21)20-11-3-1-2-8(5-11)16(22)23/h1-7H,(H,20,21)(H,22,23)/p-1. The lowest BCUT2D eigenvalue weighted by atomic mass is 10.1. The lowest BCUT2D eigenvalue weighted by Gasteiger charge is -2.08. The summed E-state index contributed by atoms with van der Waals surface area (Å²) in [4.78, 5) is 35.4. The maximum absolute atomic E-state index is 12.4. The van der Waals surface area contributed by atoms with E-state index in [4.69, 9.17) is 4.42 Å². The number of fused-ring (bicyclic) bond motifs is 1. The fourth-order valence-electron chi connectivity index (χ4n) is 2.24. The first-order chi connectivity index (χ1) is 11.8. The summed E-state index contributed by atoms with van der Waals surface area (Å²) in [7, 11) is 0. The van der Waals surface area contributed by atoms with Crippen LogP contribution in [-0.4, -0.2) is 11.9 Å². The minimum absolute atomic E-state index is 0.0868. The Labute approximate surface area is 157 Å². The van der Waals surface area contributed by atoms with Gasteiger partial charge in [0.1, 0.15) is 5.56 Å². The molecule has 8 heteroatoms. The molecule has 0 radical (unpaired) electrons. The number of halogens is 2. The zero-order chi connectivity index (χ0) is 18.1. The monoisotopic (exact) mass is 464 g/mol. The first kappa shape index (κ1) is 17.4. The van der Waals surface area contributed by atoms with Crippen molar-refractivity contribution < 1.29 is 19.1 Å². The van der Waals surface area contributed by atoms with Gasteiger partial charge in [-0.1, -0.05) is 28.1 Å². The molecule has 2 aromatic carbocycles. The summed E-state index contributed by atoms with van der Waals surface area (Å²) in [5, 5.41) is 13.9. The van der Waals surface area contributed by atoms with E-state index in [-0.39, 0.29) is 16.8 Å². The molecule has 1 aromatic heterocycles. The molecule has 1 N–H and O–H groups in total. The number of hydrogen-bond acceptors (Lipinski definition) is 5. The minimum atomic E-state index is -1.36. The van der Waals surface area contributed by atoms with Gasteiger partial charge in [0, 0.05) is 15.5 Å². The van der Waals surface area contributed by atoms with Crippen LogP contribution in [0.3, 0.4) is 0 Å². The van der Waals surface area contributed by atoms with Crippen molar-refractivity contribution in [2.24, 2.45) is 0 Å². The van der Waals surface area contributed by atoms with E-state index in [0.717, 1.165) is 4.47 Å². The van der Waals surface area contributed by atoms with Crippen LogP contribution in [0, 0.1) is 0 Å². The van der Waals surface area contributed by atoms with Crippen molar-refractivity contribution in [2.75, 3.05) is 5.32 Å². The van der Waals surface area contributed by atoms with Gasteiger partial charge in [-0.05, 0) is 51.8 Å². The second kappa shape index (κ2) is 6.81. The van der Waals surface area contributed by atoms with Crippen molar-refractivity contribution >= 4 is 60.4 Å². The SMILES string of the molecule is O=C([O-])c1cccc(NC(=O)c2cc3cc(Br)cc(Br)c3oc2=O)c1. The topological polar surface area (TPSA) is 99.4 Å². The summed E-state index contributed by atoms with van der Waals surface area (Å²) in [6.07, 6.45) is 0. The maximum atomic E-state index is 12.4. The molecule has 6 nitrogen and oxygen atoms in total. The molecule has 0 aliphatic carbocycles. The van der Waals surface area contributed by atoms with Gasteiger partial charge in [-0.15, -0.1) is 0 Å². The van der Waals surface area contributed by atoms with Crippen molar-refractivity contribution in [2.45, 2.75) is 0 Å². The van der Waals surface area contributed by atoms with Crippen LogP contribution in [0.5, 0.6) is 0 Å². The van der Waals surface area contributed by atoms with Gasteiger partial charge < -0.3 is 19.6 Å². The average Bonchev–Trinajstić information content (AvgIpc) is 2.55. The summed E-state index contributed by atoms with van der Waals surface area (Å²) in [5.74, 6) is -2.07. The van der Waals surface area contributed by atoms with Gasteiger partial charge in [0.2, 0.25) is 0 Å². The number of anilines is 1. The van der Waals surface area contributed by atoms with Gasteiger partial charge in [0.15, 0.2) is 5.58 Å². The fraction of sp³-hybridized carbons (Fsp3) is 0. The Morgan fingerprint density at radius 3 is 2.56 bits per heavy atom. The molecular weight excluding hydrogens is 458 g/mol. The molecule has 0 saturated carbocycles. The van der Waals surface area contributed by atoms with Crippen molar-refractivity contribution in [1.29, 1.82) is 0 Å². The molecule has 3 rings (SSSR count). The Balaban J connectivity index is 2.00. The summed E-state index contributed by atoms with van der Waals surface area (Å²) < 4.78 is 6.53. The Morgan fingerprint density at radius 2 is 1.84 bits per heavy atom. The van der Waals surface area contributed by atoms with Crippen LogP contribution in [0.25, 0.3) is 11.0 Å². The van der Waals surface area contributed by atoms with Crippen LogP contribution in [0.4, 0.5) is 5.69 Å². The molecule has 0 bridgehead atoms. The molecule has 3 aromatic rings. The number of amides is 1. The molecule has 25 heavy (non-hydrogen) atoms. The molecule has 1 amide bonds. The van der Waals surface area contributed by atoms with Gasteiger partial charge in [0.25, 0.3) is 5.91 Å². The highest BCUT2D eigenvalue weighted by atomic mass is 79.9. The summed E-state index contributed by atoms with van der Waals surface area (Å²) in [6.45, 7) is 0. The number of carboxylic acid groups (broad SMARTS) is 1. The quantitative estimate of drug-likeness (QED) is 0.599. The lowest BCUT2D eigenvalue weighted by molar-refractivity contribution is -0.255. The molecule has 126 valence electrons. The van der Waals surface area contributed by atoms with Gasteiger partial charge in [-0.25, -0.2) is 4.79 Å². The van der Waals surface area contributed by atoms with Crippen LogP contribution in [-0.2, 0) is 0 Å². The zero-order valence-corrected chi connectivity index (χ0v) is 15.5. The van der Waals surface area contributed by atoms with E-state index in [0.29, 0.717) is 15.4 Å². The van der Waals surface area contributed by atoms with E-state index in [9.17, 15) is 19.5 Å². The summed E-state index contributed by atoms with van der Waals surface area (Å²) >= 11 is 6.62. The predicted molar refractivity (Wildman–Crippen MR) is 96.6 cm³/mol. The Bertz CT molecular complexity index is 1070. The van der Waals surface area contributed by atoms with Crippen molar-refractivity contribution in [3.63, 3.8) is 0 Å². The third-order valence-corrected chi connectivity index (χ3v) is 4.40. The normalized spacial score (nSPS) is 10.6. The molecule has 0 fully saturated rings. The maximum Gasteiger partial charge on any atom is 0.349 e. The Hall–Kier alpha value is -2.45. The predicted octanol–water partition coefficient (Wildman–Crippen LogP) is 2.93. The molecule has 0 unspecified atom stereocenters. The first-order valence-electron chi connectivity index (χ1n) is 6.91. The molecule has 0 aliphatic heterocycles. The van der Waals surface area contributed by atoms with E-state index in [1.165, 1.54) is 30.3 Å². The number of carbonyl (C=O) groups excluding carboxylic acids is 2. The first-order valence-corrected chi connectivity index (χ1v) is 8.49. The van der Waals surface area contributed by atoms with Crippen molar-refractivity contribution in [3.8, 4) is 0 Å². The second-order valence-electron chi connectivity index (χ2n) is 5.08. The molecular formula is C17H8Br2NO5-. The number of rotatable bonds is 3. The van der Waals surface area contributed by atoms with E-state index >= 15 is 0 Å². The molecule has 0 saturated heterocycles. The van der Waals surface area contributed by atoms with E-state index in [2.05, 4.69) is 37.2 Å². The largest absolute Gasteiger partial charge is 0.545 e. The second-order valence-corrected chi connectivity index (χ2v) is 6.85. The van der Waals surface area contributed by atoms with Gasteiger partial charge in [0.05, 0.1) is 10.4 Å². The fourth-order valence-corrected chi connectivity index (χ4v) is 3.58. The molecule has 0 aliphatic rings. The number of aromatic carboxylic acids is 1. The third-order valence-electron chi connectivity index (χ3n) is 3.35. The number of carbonyl (C=O) groups is 2. The highest BCUT2D eigenvalue weighted by Crippen LogP contribution is 2.28. The average molecular weight is 466 g/mol.